The molecule has 30 heavy (non-hydrogen) atoms. The van der Waals surface area contributed by atoms with Crippen molar-refractivity contribution in [2.24, 2.45) is 17.3 Å². The van der Waals surface area contributed by atoms with Crippen molar-refractivity contribution in [3.8, 4) is 11.5 Å². The van der Waals surface area contributed by atoms with Crippen LogP contribution in [0, 0.1) is 17.3 Å². The molecule has 0 aliphatic heterocycles. The van der Waals surface area contributed by atoms with Gasteiger partial charge in [0.15, 0.2) is 0 Å². The van der Waals surface area contributed by atoms with Gasteiger partial charge in [-0.15, -0.1) is 0 Å². The van der Waals surface area contributed by atoms with Gasteiger partial charge in [-0.2, -0.15) is 17.6 Å². The summed E-state index contributed by atoms with van der Waals surface area (Å²) >= 11 is 5.27. The van der Waals surface area contributed by atoms with Crippen molar-refractivity contribution in [2.45, 2.75) is 26.4 Å². The number of esters is 1. The van der Waals surface area contributed by atoms with Gasteiger partial charge in [0.05, 0.1) is 5.92 Å². The summed E-state index contributed by atoms with van der Waals surface area (Å²) in [7, 11) is 0. The highest BCUT2D eigenvalue weighted by molar-refractivity contribution is 6.30. The van der Waals surface area contributed by atoms with E-state index in [-0.39, 0.29) is 5.56 Å². The highest BCUT2D eigenvalue weighted by Gasteiger charge is 2.62. The van der Waals surface area contributed by atoms with Crippen LogP contribution in [-0.2, 0) is 9.53 Å². The summed E-state index contributed by atoms with van der Waals surface area (Å²) in [5.74, 6) is -1.73. The summed E-state index contributed by atoms with van der Waals surface area (Å²) in [5.41, 5.74) is -0.767. The molecule has 0 radical (unpaired) electrons. The van der Waals surface area contributed by atoms with Crippen molar-refractivity contribution in [1.82, 2.24) is 0 Å². The number of hydrogen-bond acceptors (Lipinski definition) is 3. The number of allylic oxidation sites excluding steroid dienone is 2. The van der Waals surface area contributed by atoms with E-state index < -0.39 is 40.8 Å². The highest BCUT2D eigenvalue weighted by atomic mass is 35.5. The number of carbonyl (C=O) groups is 1. The van der Waals surface area contributed by atoms with Crippen LogP contribution in [0.15, 0.2) is 65.7 Å². The Balaban J connectivity index is 1.67. The number of carbonyl (C=O) groups excluding carboxylic acids is 1. The molecular weight excluding hydrogens is 424 g/mol. The minimum atomic E-state index is -4.70. The highest BCUT2D eigenvalue weighted by Crippen LogP contribution is 2.60. The van der Waals surface area contributed by atoms with Crippen molar-refractivity contribution in [1.29, 1.82) is 0 Å². The molecule has 0 spiro atoms. The van der Waals surface area contributed by atoms with Gasteiger partial charge in [0.25, 0.3) is 6.36 Å². The minimum Gasteiger partial charge on any atom is -0.457 e. The molecule has 0 amide bonds. The number of benzene rings is 2. The van der Waals surface area contributed by atoms with Crippen LogP contribution in [0.25, 0.3) is 0 Å². The fourth-order valence-corrected chi connectivity index (χ4v) is 3.41. The number of para-hydroxylation sites is 1. The standard InChI is InChI=1S/C22H19ClF4O3/c1-21(2)16(12-17(23)22(25,26)27)18(21)20(28)30-19(24)13-7-6-10-15(11-13)29-14-8-4-3-5-9-14/h3-12,16,18-19H,1-2H3/b17-12-. The first kappa shape index (κ1) is 22.2. The van der Waals surface area contributed by atoms with Gasteiger partial charge >= 0.3 is 12.1 Å². The zero-order chi connectivity index (χ0) is 22.1. The average Bonchev–Trinajstić information content (AvgIpc) is 3.22. The summed E-state index contributed by atoms with van der Waals surface area (Å²) in [6.07, 6.45) is -6.00. The third kappa shape index (κ3) is 4.95. The lowest BCUT2D eigenvalue weighted by atomic mass is 10.1. The van der Waals surface area contributed by atoms with Crippen LogP contribution in [0.3, 0.4) is 0 Å². The van der Waals surface area contributed by atoms with Crippen molar-refractivity contribution in [3.63, 3.8) is 0 Å². The second kappa shape index (κ2) is 8.30. The molecule has 2 aromatic rings. The average molecular weight is 443 g/mol. The van der Waals surface area contributed by atoms with Crippen LogP contribution in [0.5, 0.6) is 11.5 Å². The fourth-order valence-electron chi connectivity index (χ4n) is 3.28. The van der Waals surface area contributed by atoms with Gasteiger partial charge in [0, 0.05) is 5.56 Å². The topological polar surface area (TPSA) is 35.5 Å². The molecule has 3 unspecified atom stereocenters. The van der Waals surface area contributed by atoms with E-state index in [9.17, 15) is 22.4 Å². The number of rotatable bonds is 6. The smallest absolute Gasteiger partial charge is 0.426 e. The first-order valence-corrected chi connectivity index (χ1v) is 9.50. The Labute approximate surface area is 176 Å². The maximum Gasteiger partial charge on any atom is 0.426 e. The SMILES string of the molecule is CC1(C)C(/C=C(\Cl)C(F)(F)F)C1C(=O)OC(F)c1cccc(Oc2ccccc2)c1. The largest absolute Gasteiger partial charge is 0.457 e. The number of hydrogen-bond donors (Lipinski definition) is 0. The van der Waals surface area contributed by atoms with E-state index in [1.54, 1.807) is 50.2 Å². The molecule has 3 nitrogen and oxygen atoms in total. The van der Waals surface area contributed by atoms with Crippen LogP contribution in [0.2, 0.25) is 0 Å². The lowest BCUT2D eigenvalue weighted by molar-refractivity contribution is -0.161. The Bertz CT molecular complexity index is 941. The molecule has 3 atom stereocenters. The summed E-state index contributed by atoms with van der Waals surface area (Å²) in [5, 5.41) is -1.31. The van der Waals surface area contributed by atoms with E-state index in [0.717, 1.165) is 6.08 Å². The van der Waals surface area contributed by atoms with Crippen LogP contribution >= 0.6 is 11.6 Å². The first-order valence-electron chi connectivity index (χ1n) is 9.12. The lowest BCUT2D eigenvalue weighted by Crippen LogP contribution is -2.13. The second-order valence-electron chi connectivity index (χ2n) is 7.58. The molecular formula is C22H19ClF4O3. The van der Waals surface area contributed by atoms with Crippen LogP contribution in [0.1, 0.15) is 25.8 Å². The van der Waals surface area contributed by atoms with E-state index in [0.29, 0.717) is 11.5 Å². The second-order valence-corrected chi connectivity index (χ2v) is 7.98. The normalized spacial score (nSPS) is 21.6. The van der Waals surface area contributed by atoms with E-state index in [4.69, 9.17) is 21.1 Å². The first-order chi connectivity index (χ1) is 14.0. The van der Waals surface area contributed by atoms with Crippen LogP contribution in [-0.4, -0.2) is 12.1 Å². The van der Waals surface area contributed by atoms with E-state index >= 15 is 0 Å². The molecule has 0 aromatic heterocycles. The summed E-state index contributed by atoms with van der Waals surface area (Å²) < 4.78 is 63.1. The van der Waals surface area contributed by atoms with E-state index in [1.807, 2.05) is 6.07 Å². The summed E-state index contributed by atoms with van der Waals surface area (Å²) in [4.78, 5) is 12.4. The third-order valence-electron chi connectivity index (χ3n) is 5.08. The Hall–Kier alpha value is -2.54. The molecule has 3 rings (SSSR count). The van der Waals surface area contributed by atoms with Crippen molar-refractivity contribution in [2.75, 3.05) is 0 Å². The van der Waals surface area contributed by atoms with Crippen LogP contribution < -0.4 is 4.74 Å². The maximum atomic E-state index is 14.6. The van der Waals surface area contributed by atoms with Gasteiger partial charge in [0.1, 0.15) is 16.5 Å². The van der Waals surface area contributed by atoms with Gasteiger partial charge in [-0.05, 0) is 35.6 Å². The molecule has 1 aliphatic rings. The zero-order valence-electron chi connectivity index (χ0n) is 16.1. The number of alkyl halides is 4. The Kier molecular flexibility index (Phi) is 6.13. The predicted molar refractivity (Wildman–Crippen MR) is 104 cm³/mol. The van der Waals surface area contributed by atoms with Gasteiger partial charge in [0.2, 0.25) is 0 Å². The van der Waals surface area contributed by atoms with Gasteiger partial charge in [-0.25, -0.2) is 0 Å². The van der Waals surface area contributed by atoms with Gasteiger partial charge in [-0.3, -0.25) is 4.79 Å². The minimum absolute atomic E-state index is 0.0515. The van der Waals surface area contributed by atoms with Gasteiger partial charge in [-0.1, -0.05) is 61.9 Å². The van der Waals surface area contributed by atoms with Crippen molar-refractivity contribution < 1.29 is 31.8 Å². The Morgan fingerprint density at radius 3 is 2.37 bits per heavy atom. The molecule has 8 heteroatoms. The molecule has 1 aliphatic carbocycles. The van der Waals surface area contributed by atoms with E-state index in [2.05, 4.69) is 0 Å². The molecule has 1 fully saturated rings. The Morgan fingerprint density at radius 1 is 1.10 bits per heavy atom. The zero-order valence-corrected chi connectivity index (χ0v) is 16.9. The lowest BCUT2D eigenvalue weighted by Gasteiger charge is -2.13. The molecule has 1 saturated carbocycles. The van der Waals surface area contributed by atoms with Gasteiger partial charge < -0.3 is 9.47 Å². The number of halogens is 5. The van der Waals surface area contributed by atoms with Crippen LogP contribution in [0.4, 0.5) is 17.6 Å². The van der Waals surface area contributed by atoms with Crippen molar-refractivity contribution >= 4 is 17.6 Å². The van der Waals surface area contributed by atoms with E-state index in [1.165, 1.54) is 12.1 Å². The summed E-state index contributed by atoms with van der Waals surface area (Å²) in [6.45, 7) is 3.20. The molecule has 160 valence electrons. The monoisotopic (exact) mass is 442 g/mol. The van der Waals surface area contributed by atoms with Crippen molar-refractivity contribution in [3.05, 3.63) is 71.3 Å². The third-order valence-corrected chi connectivity index (χ3v) is 5.42. The molecule has 2 aromatic carbocycles. The molecule has 0 bridgehead atoms. The summed E-state index contributed by atoms with van der Waals surface area (Å²) in [6, 6.07) is 14.8. The molecule has 0 N–H and O–H groups in total. The maximum absolute atomic E-state index is 14.6. The Morgan fingerprint density at radius 2 is 1.73 bits per heavy atom. The number of ether oxygens (including phenoxy) is 2. The quantitative estimate of drug-likeness (QED) is 0.359. The molecule has 0 saturated heterocycles. The molecule has 0 heterocycles. The fraction of sp³-hybridized carbons (Fsp3) is 0.318. The predicted octanol–water partition coefficient (Wildman–Crippen LogP) is 6.95.